The van der Waals surface area contributed by atoms with Crippen LogP contribution in [0.5, 0.6) is 0 Å². The Morgan fingerprint density at radius 2 is 2.06 bits per heavy atom. The van der Waals surface area contributed by atoms with E-state index in [4.69, 9.17) is 33.6 Å². The second-order valence-electron chi connectivity index (χ2n) is 6.83. The molecule has 0 bridgehead atoms. The van der Waals surface area contributed by atoms with Crippen molar-refractivity contribution in [2.24, 2.45) is 0 Å². The van der Waals surface area contributed by atoms with Crippen LogP contribution >= 0.6 is 16.9 Å². The summed E-state index contributed by atoms with van der Waals surface area (Å²) in [6, 6.07) is 1.42. The summed E-state index contributed by atoms with van der Waals surface area (Å²) in [5, 5.41) is 0. The molecule has 1 fully saturated rings. The molecule has 0 spiro atoms. The Kier molecular flexibility index (Phi) is 14.9. The van der Waals surface area contributed by atoms with Crippen LogP contribution in [-0.2, 0) is 32.4 Å². The van der Waals surface area contributed by atoms with Gasteiger partial charge < -0.3 is 24.4 Å². The molecular weight excluding hydrogens is 475 g/mol. The fourth-order valence-corrected chi connectivity index (χ4v) is 3.95. The Labute approximate surface area is 211 Å². The van der Waals surface area contributed by atoms with Crippen molar-refractivity contribution in [1.29, 1.82) is 0 Å². The van der Waals surface area contributed by atoms with E-state index in [1.807, 2.05) is 13.8 Å². The van der Waals surface area contributed by atoms with Gasteiger partial charge in [-0.2, -0.15) is 9.66 Å². The van der Waals surface area contributed by atoms with Gasteiger partial charge in [-0.05, 0) is 18.9 Å². The number of phosphoric acid groups is 1. The number of nitrogens with zero attached hydrogens (tertiary/aromatic N) is 2. The Bertz CT molecular complexity index is 773. The van der Waals surface area contributed by atoms with Gasteiger partial charge >= 0.3 is 35.2 Å². The molecule has 0 saturated carbocycles. The predicted molar refractivity (Wildman–Crippen MR) is 111 cm³/mol. The third kappa shape index (κ3) is 10.5. The minimum atomic E-state index is -4.67. The van der Waals surface area contributed by atoms with E-state index >= 15 is 0 Å². The number of hydrogen-bond acceptors (Lipinski definition) is 11. The predicted octanol–water partition coefficient (Wildman–Crippen LogP) is -0.592. The molecule has 32 heavy (non-hydrogen) atoms. The molecule has 2 N–H and O–H groups in total. The zero-order valence-corrected chi connectivity index (χ0v) is 22.5. The monoisotopic (exact) mass is 505 g/mol. The summed E-state index contributed by atoms with van der Waals surface area (Å²) in [7, 11) is -5.08. The Morgan fingerprint density at radius 3 is 2.75 bits per heavy atom. The van der Waals surface area contributed by atoms with Gasteiger partial charge in [-0.15, -0.1) is 0 Å². The maximum Gasteiger partial charge on any atom is 1.00 e. The van der Waals surface area contributed by atoms with E-state index in [-0.39, 0.29) is 48.4 Å². The van der Waals surface area contributed by atoms with Crippen LogP contribution in [0.25, 0.3) is 0 Å². The fraction of sp³-hybridized carbons (Fsp3) is 0.765. The number of anilines is 1. The number of rotatable bonds is 15. The molecule has 0 aliphatic carbocycles. The van der Waals surface area contributed by atoms with E-state index in [2.05, 4.69) is 4.98 Å². The molecule has 178 valence electrons. The molecule has 2 unspecified atom stereocenters. The van der Waals surface area contributed by atoms with E-state index in [1.165, 1.54) is 12.3 Å². The van der Waals surface area contributed by atoms with Crippen molar-refractivity contribution >= 4 is 22.7 Å². The average Bonchev–Trinajstić information content (AvgIpc) is 3.09. The number of nitrogens with two attached hydrogens (primary N) is 1. The maximum absolute atomic E-state index is 12.2. The molecule has 0 aromatic carbocycles. The standard InChI is InChI=1S/C17H31N3O9P2.Na/c1-3-5-7-11-25-31(22,23)28-16-13(27-29-30-24-10-6-4-2)12-15(26-16)20-9-8-14(18)19-17(20)21;/h8-9,13,15-16,30H,3-7,10-12H2,1-2H3,(H,22,23)(H2,18,19,21);/q;+1/p-1/t13-,15+,16+;/m0./s1. The normalized spacial score (nSPS) is 22.8. The van der Waals surface area contributed by atoms with Crippen molar-refractivity contribution in [3.63, 3.8) is 0 Å². The molecule has 1 aromatic rings. The van der Waals surface area contributed by atoms with Crippen LogP contribution < -0.4 is 45.9 Å². The summed E-state index contributed by atoms with van der Waals surface area (Å²) in [6.45, 7) is 4.53. The molecule has 2 heterocycles. The summed E-state index contributed by atoms with van der Waals surface area (Å²) in [5.74, 6) is 0.0538. The third-order valence-corrected chi connectivity index (χ3v) is 5.74. The van der Waals surface area contributed by atoms with Gasteiger partial charge in [-0.3, -0.25) is 13.7 Å². The first kappa shape index (κ1) is 30.1. The number of hydrogen-bond donors (Lipinski definition) is 1. The van der Waals surface area contributed by atoms with Crippen molar-refractivity contribution in [3.05, 3.63) is 22.7 Å². The minimum Gasteiger partial charge on any atom is -0.756 e. The molecule has 1 saturated heterocycles. The van der Waals surface area contributed by atoms with Gasteiger partial charge in [-0.25, -0.2) is 9.68 Å². The molecular formula is C17H30N3NaO9P2. The number of nitrogen functional groups attached to an aromatic ring is 1. The quantitative estimate of drug-likeness (QED) is 0.107. The molecule has 1 aliphatic heterocycles. The molecule has 5 atom stereocenters. The zero-order valence-electron chi connectivity index (χ0n) is 18.6. The van der Waals surface area contributed by atoms with E-state index in [9.17, 15) is 14.3 Å². The molecule has 12 nitrogen and oxygen atoms in total. The van der Waals surface area contributed by atoms with Gasteiger partial charge in [0.1, 0.15) is 18.1 Å². The van der Waals surface area contributed by atoms with Crippen LogP contribution in [0.4, 0.5) is 5.82 Å². The topological polar surface area (TPSA) is 156 Å². The van der Waals surface area contributed by atoms with Crippen LogP contribution in [0.1, 0.15) is 58.6 Å². The molecule has 2 rings (SSSR count). The molecule has 0 radical (unpaired) electrons. The van der Waals surface area contributed by atoms with Gasteiger partial charge in [-0.1, -0.05) is 33.1 Å². The van der Waals surface area contributed by atoms with E-state index in [0.717, 1.165) is 30.3 Å². The molecule has 1 aliphatic rings. The minimum absolute atomic E-state index is 0. The van der Waals surface area contributed by atoms with Crippen LogP contribution in [0.3, 0.4) is 0 Å². The largest absolute Gasteiger partial charge is 1.00 e. The van der Waals surface area contributed by atoms with Gasteiger partial charge in [0, 0.05) is 12.6 Å². The summed E-state index contributed by atoms with van der Waals surface area (Å²) in [6.07, 6.45) is 2.37. The van der Waals surface area contributed by atoms with Crippen molar-refractivity contribution in [1.82, 2.24) is 9.55 Å². The van der Waals surface area contributed by atoms with Crippen molar-refractivity contribution in [2.75, 3.05) is 18.9 Å². The van der Waals surface area contributed by atoms with Crippen molar-refractivity contribution < 1.29 is 66.9 Å². The zero-order chi connectivity index (χ0) is 22.7. The fourth-order valence-electron chi connectivity index (χ4n) is 2.66. The summed E-state index contributed by atoms with van der Waals surface area (Å²) in [5.41, 5.74) is 4.85. The van der Waals surface area contributed by atoms with E-state index < -0.39 is 41.2 Å². The Hall–Kier alpha value is 0.0600. The summed E-state index contributed by atoms with van der Waals surface area (Å²) < 4.78 is 39.2. The van der Waals surface area contributed by atoms with Crippen LogP contribution in [-0.4, -0.2) is 35.2 Å². The van der Waals surface area contributed by atoms with Crippen LogP contribution in [0.2, 0.25) is 0 Å². The first-order valence-electron chi connectivity index (χ1n) is 10.2. The van der Waals surface area contributed by atoms with Gasteiger partial charge in [0.15, 0.2) is 15.3 Å². The van der Waals surface area contributed by atoms with E-state index in [1.54, 1.807) is 0 Å². The molecule has 15 heteroatoms. The summed E-state index contributed by atoms with van der Waals surface area (Å²) in [4.78, 5) is 33.2. The second-order valence-corrected chi connectivity index (χ2v) is 8.82. The van der Waals surface area contributed by atoms with Gasteiger partial charge in [0.05, 0.1) is 13.2 Å². The van der Waals surface area contributed by atoms with Crippen molar-refractivity contribution in [3.8, 4) is 0 Å². The van der Waals surface area contributed by atoms with Gasteiger partial charge in [0.25, 0.3) is 7.82 Å². The smallest absolute Gasteiger partial charge is 0.756 e. The van der Waals surface area contributed by atoms with Crippen LogP contribution in [0.15, 0.2) is 17.1 Å². The Balaban J connectivity index is 0.00000512. The average molecular weight is 505 g/mol. The second kappa shape index (κ2) is 15.9. The SMILES string of the molecule is CCCCCOP(=O)([O-])O[C@H]1O[C@@H](n2ccc(N)nc2=O)C[C@@H]1OOPOCCCC.[Na+]. The van der Waals surface area contributed by atoms with E-state index in [0.29, 0.717) is 13.0 Å². The van der Waals surface area contributed by atoms with Crippen LogP contribution in [0, 0.1) is 0 Å². The third-order valence-electron chi connectivity index (χ3n) is 4.29. The number of unbranched alkanes of at least 4 members (excludes halogenated alkanes) is 3. The van der Waals surface area contributed by atoms with Crippen molar-refractivity contribution in [2.45, 2.75) is 71.0 Å². The molecule has 1 aromatic heterocycles. The number of phosphoric ester groups is 1. The number of ether oxygens (including phenoxy) is 1. The van der Waals surface area contributed by atoms with Gasteiger partial charge in [0.2, 0.25) is 0 Å². The Morgan fingerprint density at radius 1 is 1.31 bits per heavy atom. The number of aromatic nitrogens is 2. The molecule has 0 amide bonds. The maximum atomic E-state index is 12.2. The first-order valence-corrected chi connectivity index (χ1v) is 12.5. The first-order chi connectivity index (χ1) is 14.9. The summed E-state index contributed by atoms with van der Waals surface area (Å²) >= 11 is 0.